The van der Waals surface area contributed by atoms with Gasteiger partial charge in [0.25, 0.3) is 0 Å². The van der Waals surface area contributed by atoms with Crippen molar-refractivity contribution >= 4 is 23.4 Å². The van der Waals surface area contributed by atoms with Gasteiger partial charge in [-0.3, -0.25) is 4.84 Å². The van der Waals surface area contributed by atoms with Crippen LogP contribution in [-0.2, 0) is 15.8 Å². The Morgan fingerprint density at radius 3 is 2.65 bits per heavy atom. The summed E-state index contributed by atoms with van der Waals surface area (Å²) in [7, 11) is 1.31. The summed E-state index contributed by atoms with van der Waals surface area (Å²) >= 11 is 5.90. The van der Waals surface area contributed by atoms with Crippen molar-refractivity contribution in [2.75, 3.05) is 12.1 Å². The summed E-state index contributed by atoms with van der Waals surface area (Å²) in [5.74, 6) is -1.49. The second-order valence-corrected chi connectivity index (χ2v) is 5.42. The standard InChI is InChI=1S/C14H11ClF3N5O3/c1-7(13(24)25)26-22(2)12-8(4-19)5-21-23(12)11-10(15)3-9(6-20-11)14(16,17)18/h3,5-7H,1-2H3,(H,24,25). The molecular formula is C14H11ClF3N5O3. The number of carboxylic acids is 1. The number of carboxylic acid groups (broad SMARTS) is 1. The van der Waals surface area contributed by atoms with Gasteiger partial charge < -0.3 is 5.11 Å². The second kappa shape index (κ2) is 7.19. The number of anilines is 1. The zero-order chi connectivity index (χ0) is 19.6. The Hall–Kier alpha value is -2.84. The lowest BCUT2D eigenvalue weighted by molar-refractivity contribution is -0.149. The lowest BCUT2D eigenvalue weighted by atomic mass is 10.3. The molecule has 0 amide bonds. The fraction of sp³-hybridized carbons (Fsp3) is 0.286. The molecule has 12 heteroatoms. The zero-order valence-corrected chi connectivity index (χ0v) is 14.1. The molecule has 26 heavy (non-hydrogen) atoms. The van der Waals surface area contributed by atoms with Gasteiger partial charge in [0.05, 0.1) is 16.8 Å². The minimum Gasteiger partial charge on any atom is -0.479 e. The number of hydrogen-bond donors (Lipinski definition) is 1. The predicted octanol–water partition coefficient (Wildman–Crippen LogP) is 2.65. The molecule has 1 atom stereocenters. The number of alkyl halides is 3. The number of nitrogens with zero attached hydrogens (tertiary/aromatic N) is 5. The van der Waals surface area contributed by atoms with Crippen LogP contribution in [0.5, 0.6) is 0 Å². The molecule has 2 rings (SSSR count). The van der Waals surface area contributed by atoms with E-state index in [0.29, 0.717) is 12.3 Å². The molecule has 0 aliphatic rings. The quantitative estimate of drug-likeness (QED) is 0.784. The molecule has 0 bridgehead atoms. The van der Waals surface area contributed by atoms with Crippen LogP contribution in [0.3, 0.4) is 0 Å². The van der Waals surface area contributed by atoms with Crippen LogP contribution >= 0.6 is 11.6 Å². The van der Waals surface area contributed by atoms with E-state index in [2.05, 4.69) is 10.1 Å². The van der Waals surface area contributed by atoms with Crippen molar-refractivity contribution in [2.45, 2.75) is 19.2 Å². The van der Waals surface area contributed by atoms with Crippen molar-refractivity contribution < 1.29 is 27.9 Å². The maximum atomic E-state index is 12.7. The fourth-order valence-electron chi connectivity index (χ4n) is 1.95. The summed E-state index contributed by atoms with van der Waals surface area (Å²) < 4.78 is 39.2. The van der Waals surface area contributed by atoms with Crippen LogP contribution in [0, 0.1) is 11.3 Å². The Balaban J connectivity index is 2.50. The molecule has 2 aromatic rings. The number of halogens is 4. The smallest absolute Gasteiger partial charge is 0.417 e. The van der Waals surface area contributed by atoms with Gasteiger partial charge in [-0.2, -0.15) is 28.2 Å². The number of aromatic nitrogens is 3. The van der Waals surface area contributed by atoms with Crippen molar-refractivity contribution in [3.63, 3.8) is 0 Å². The van der Waals surface area contributed by atoms with Gasteiger partial charge in [0.1, 0.15) is 11.6 Å². The van der Waals surface area contributed by atoms with Gasteiger partial charge in [-0.25, -0.2) is 14.8 Å². The highest BCUT2D eigenvalue weighted by Crippen LogP contribution is 2.33. The lowest BCUT2D eigenvalue weighted by Crippen LogP contribution is -2.31. The van der Waals surface area contributed by atoms with Gasteiger partial charge in [0.15, 0.2) is 17.7 Å². The summed E-state index contributed by atoms with van der Waals surface area (Å²) in [6.07, 6.45) is -4.20. The molecule has 1 unspecified atom stereocenters. The third-order valence-corrected chi connectivity index (χ3v) is 3.45. The molecule has 2 heterocycles. The fourth-order valence-corrected chi connectivity index (χ4v) is 2.20. The van der Waals surface area contributed by atoms with E-state index in [4.69, 9.17) is 21.5 Å². The Labute approximate surface area is 149 Å². The van der Waals surface area contributed by atoms with Gasteiger partial charge in [0.2, 0.25) is 0 Å². The van der Waals surface area contributed by atoms with E-state index in [1.54, 1.807) is 0 Å². The van der Waals surface area contributed by atoms with Crippen molar-refractivity contribution in [3.05, 3.63) is 34.6 Å². The van der Waals surface area contributed by atoms with Crippen LogP contribution in [0.4, 0.5) is 19.0 Å². The number of aliphatic carboxylic acids is 1. The number of carbonyl (C=O) groups is 1. The SMILES string of the molecule is CC(ON(C)c1c(C#N)cnn1-c1ncc(C(F)(F)F)cc1Cl)C(=O)O. The predicted molar refractivity (Wildman–Crippen MR) is 82.7 cm³/mol. The van der Waals surface area contributed by atoms with Crippen LogP contribution in [0.2, 0.25) is 5.02 Å². The van der Waals surface area contributed by atoms with E-state index in [1.807, 2.05) is 6.07 Å². The molecule has 0 radical (unpaired) electrons. The van der Waals surface area contributed by atoms with E-state index in [9.17, 15) is 23.2 Å². The van der Waals surface area contributed by atoms with Crippen molar-refractivity contribution in [1.82, 2.24) is 14.8 Å². The van der Waals surface area contributed by atoms with E-state index >= 15 is 0 Å². The normalized spacial score (nSPS) is 12.5. The average Bonchev–Trinajstić information content (AvgIpc) is 2.97. The molecule has 138 valence electrons. The molecule has 2 aromatic heterocycles. The Morgan fingerprint density at radius 1 is 1.50 bits per heavy atom. The van der Waals surface area contributed by atoms with E-state index < -0.39 is 23.8 Å². The van der Waals surface area contributed by atoms with Crippen molar-refractivity contribution in [1.29, 1.82) is 5.26 Å². The minimum atomic E-state index is -4.63. The van der Waals surface area contributed by atoms with Crippen LogP contribution in [0.15, 0.2) is 18.5 Å². The number of hydrogen-bond acceptors (Lipinski definition) is 6. The van der Waals surface area contributed by atoms with Gasteiger partial charge >= 0.3 is 12.1 Å². The molecule has 0 aromatic carbocycles. The largest absolute Gasteiger partial charge is 0.479 e. The molecule has 0 aliphatic carbocycles. The highest BCUT2D eigenvalue weighted by atomic mass is 35.5. The van der Waals surface area contributed by atoms with E-state index in [-0.39, 0.29) is 22.2 Å². The maximum Gasteiger partial charge on any atom is 0.417 e. The molecule has 0 aliphatic heterocycles. The first-order valence-electron chi connectivity index (χ1n) is 6.90. The average molecular weight is 390 g/mol. The molecule has 0 fully saturated rings. The number of nitriles is 1. The Morgan fingerprint density at radius 2 is 2.15 bits per heavy atom. The zero-order valence-electron chi connectivity index (χ0n) is 13.3. The molecular weight excluding hydrogens is 379 g/mol. The summed E-state index contributed by atoms with van der Waals surface area (Å²) in [5.41, 5.74) is -1.08. The monoisotopic (exact) mass is 389 g/mol. The third-order valence-electron chi connectivity index (χ3n) is 3.18. The molecule has 0 spiro atoms. The van der Waals surface area contributed by atoms with Crippen LogP contribution in [0.25, 0.3) is 5.82 Å². The molecule has 0 saturated heterocycles. The summed E-state index contributed by atoms with van der Waals surface area (Å²) in [6.45, 7) is 1.26. The molecule has 1 N–H and O–H groups in total. The lowest BCUT2D eigenvalue weighted by Gasteiger charge is -2.22. The van der Waals surface area contributed by atoms with Crippen LogP contribution < -0.4 is 5.06 Å². The highest BCUT2D eigenvalue weighted by Gasteiger charge is 2.32. The van der Waals surface area contributed by atoms with E-state index in [1.165, 1.54) is 14.0 Å². The second-order valence-electron chi connectivity index (χ2n) is 5.02. The summed E-state index contributed by atoms with van der Waals surface area (Å²) in [6, 6.07) is 2.49. The first-order valence-corrected chi connectivity index (χ1v) is 7.28. The Bertz CT molecular complexity index is 878. The highest BCUT2D eigenvalue weighted by molar-refractivity contribution is 6.32. The minimum absolute atomic E-state index is 0.0251. The van der Waals surface area contributed by atoms with Gasteiger partial charge in [-0.05, 0) is 13.0 Å². The first kappa shape index (κ1) is 19.5. The van der Waals surface area contributed by atoms with Crippen LogP contribution in [-0.4, -0.2) is 39.0 Å². The van der Waals surface area contributed by atoms with Gasteiger partial charge in [-0.15, -0.1) is 0 Å². The molecule has 0 saturated carbocycles. The maximum absolute atomic E-state index is 12.7. The summed E-state index contributed by atoms with van der Waals surface area (Å²) in [4.78, 5) is 19.7. The number of rotatable bonds is 5. The van der Waals surface area contributed by atoms with Gasteiger partial charge in [-0.1, -0.05) is 11.6 Å². The summed E-state index contributed by atoms with van der Waals surface area (Å²) in [5, 5.41) is 22.6. The Kier molecular flexibility index (Phi) is 5.38. The molecule has 8 nitrogen and oxygen atoms in total. The van der Waals surface area contributed by atoms with Crippen LogP contribution in [0.1, 0.15) is 18.1 Å². The van der Waals surface area contributed by atoms with Crippen molar-refractivity contribution in [3.8, 4) is 11.9 Å². The van der Waals surface area contributed by atoms with Gasteiger partial charge in [0, 0.05) is 13.2 Å². The topological polar surface area (TPSA) is 104 Å². The van der Waals surface area contributed by atoms with Crippen molar-refractivity contribution in [2.24, 2.45) is 0 Å². The number of hydroxylamine groups is 1. The number of pyridine rings is 1. The van der Waals surface area contributed by atoms with E-state index in [0.717, 1.165) is 15.9 Å². The third kappa shape index (κ3) is 3.87. The first-order chi connectivity index (χ1) is 12.1.